The number of para-hydroxylation sites is 1. The number of carbonyl (C=O) groups excluding carboxylic acids is 1. The molecular weight excluding hydrogens is 269 g/mol. The fraction of sp³-hybridized carbons (Fsp3) is 0.154. The molecule has 0 atom stereocenters. The maximum atomic E-state index is 10.5. The fourth-order valence-corrected chi connectivity index (χ4v) is 1.59. The molecule has 0 unspecified atom stereocenters. The molecule has 0 bridgehead atoms. The molecule has 0 fully saturated rings. The Hall–Kier alpha value is -0.794. The van der Waals surface area contributed by atoms with E-state index in [1.54, 1.807) is 0 Å². The number of aryl methyl sites for hydroxylation is 1. The predicted molar refractivity (Wildman–Crippen MR) is 68.2 cm³/mol. The van der Waals surface area contributed by atoms with Crippen molar-refractivity contribution in [2.24, 2.45) is 5.10 Å². The predicted octanol–water partition coefficient (Wildman–Crippen LogP) is -1.92. The number of aliphatic carboxylic acids is 1. The fourth-order valence-electron chi connectivity index (χ4n) is 1.59. The van der Waals surface area contributed by atoms with Crippen LogP contribution in [0, 0.1) is 6.92 Å². The van der Waals surface area contributed by atoms with Crippen LogP contribution in [0.5, 0.6) is 0 Å². The molecular formula is C13H12KN3O2. The van der Waals surface area contributed by atoms with Crippen molar-refractivity contribution in [1.29, 1.82) is 0 Å². The normalized spacial score (nSPS) is 10.9. The van der Waals surface area contributed by atoms with E-state index in [1.165, 1.54) is 6.92 Å². The van der Waals surface area contributed by atoms with Gasteiger partial charge in [0, 0.05) is 5.39 Å². The van der Waals surface area contributed by atoms with Crippen molar-refractivity contribution >= 4 is 28.4 Å². The van der Waals surface area contributed by atoms with Crippen LogP contribution in [0.3, 0.4) is 0 Å². The maximum Gasteiger partial charge on any atom is 1.00 e. The molecule has 0 aliphatic rings. The smallest absolute Gasteiger partial charge is 0.543 e. The molecule has 0 amide bonds. The molecule has 1 N–H and O–H groups in total. The van der Waals surface area contributed by atoms with Crippen molar-refractivity contribution in [2.75, 3.05) is 5.43 Å². The standard InChI is InChI=1S/C13H13N3O2.K/c1-8-7-12(16-15-9(2)13(17)18)14-11-6-4-3-5-10(8)11;/h3-7H,1-2H3,(H,14,16)(H,17,18);/q;+1/p-1. The zero-order valence-electron chi connectivity index (χ0n) is 11.1. The van der Waals surface area contributed by atoms with Gasteiger partial charge in [0.15, 0.2) is 0 Å². The summed E-state index contributed by atoms with van der Waals surface area (Å²) in [7, 11) is 0. The third-order valence-electron chi connectivity index (χ3n) is 2.56. The molecule has 0 aliphatic heterocycles. The van der Waals surface area contributed by atoms with E-state index in [9.17, 15) is 9.90 Å². The summed E-state index contributed by atoms with van der Waals surface area (Å²) in [6.45, 7) is 3.32. The van der Waals surface area contributed by atoms with Crippen LogP contribution in [0.4, 0.5) is 5.82 Å². The zero-order valence-corrected chi connectivity index (χ0v) is 14.2. The van der Waals surface area contributed by atoms with Gasteiger partial charge in [-0.15, -0.1) is 0 Å². The molecule has 0 saturated heterocycles. The quantitative estimate of drug-likeness (QED) is 0.404. The van der Waals surface area contributed by atoms with Gasteiger partial charge in [0.2, 0.25) is 0 Å². The molecule has 0 spiro atoms. The Kier molecular flexibility index (Phi) is 6.09. The Bertz CT molecular complexity index is 641. The molecule has 5 nitrogen and oxygen atoms in total. The van der Waals surface area contributed by atoms with E-state index in [-0.39, 0.29) is 57.1 Å². The number of carboxylic acid groups (broad SMARTS) is 1. The van der Waals surface area contributed by atoms with E-state index in [0.717, 1.165) is 16.5 Å². The Labute approximate surface area is 153 Å². The van der Waals surface area contributed by atoms with E-state index in [1.807, 2.05) is 37.3 Å². The topological polar surface area (TPSA) is 77.4 Å². The average molecular weight is 281 g/mol. The average Bonchev–Trinajstić information content (AvgIpc) is 2.36. The minimum Gasteiger partial charge on any atom is -0.543 e. The molecule has 19 heavy (non-hydrogen) atoms. The number of aromatic nitrogens is 1. The molecule has 1 heterocycles. The Balaban J connectivity index is 0.00000180. The third-order valence-corrected chi connectivity index (χ3v) is 2.56. The van der Waals surface area contributed by atoms with E-state index >= 15 is 0 Å². The summed E-state index contributed by atoms with van der Waals surface area (Å²) in [6.07, 6.45) is 0. The number of nitrogens with one attached hydrogen (secondary N) is 1. The van der Waals surface area contributed by atoms with Gasteiger partial charge in [0.1, 0.15) is 5.82 Å². The first-order valence-corrected chi connectivity index (χ1v) is 5.46. The molecule has 2 aromatic rings. The summed E-state index contributed by atoms with van der Waals surface area (Å²) in [5.74, 6) is -0.799. The minimum atomic E-state index is -1.31. The van der Waals surface area contributed by atoms with Crippen LogP contribution < -0.4 is 61.9 Å². The van der Waals surface area contributed by atoms with Crippen LogP contribution in [0.1, 0.15) is 12.5 Å². The van der Waals surface area contributed by atoms with Gasteiger partial charge in [0.05, 0.1) is 17.2 Å². The van der Waals surface area contributed by atoms with E-state index in [0.29, 0.717) is 5.82 Å². The number of carboxylic acids is 1. The van der Waals surface area contributed by atoms with Crippen molar-refractivity contribution < 1.29 is 61.3 Å². The molecule has 6 heteroatoms. The van der Waals surface area contributed by atoms with Crippen LogP contribution >= 0.6 is 0 Å². The number of carbonyl (C=O) groups is 1. The first-order chi connectivity index (χ1) is 8.58. The van der Waals surface area contributed by atoms with E-state index in [2.05, 4.69) is 15.5 Å². The van der Waals surface area contributed by atoms with Gasteiger partial charge in [-0.25, -0.2) is 4.98 Å². The van der Waals surface area contributed by atoms with Crippen molar-refractivity contribution in [3.05, 3.63) is 35.9 Å². The van der Waals surface area contributed by atoms with Gasteiger partial charge in [-0.3, -0.25) is 5.43 Å². The number of nitrogens with zero attached hydrogens (tertiary/aromatic N) is 2. The Morgan fingerprint density at radius 1 is 1.37 bits per heavy atom. The second kappa shape index (κ2) is 7.11. The Morgan fingerprint density at radius 3 is 2.74 bits per heavy atom. The first-order valence-electron chi connectivity index (χ1n) is 5.46. The number of hydrazone groups is 1. The summed E-state index contributed by atoms with van der Waals surface area (Å²) in [5, 5.41) is 15.2. The number of anilines is 1. The number of pyridine rings is 1. The summed E-state index contributed by atoms with van der Waals surface area (Å²) in [4.78, 5) is 14.8. The van der Waals surface area contributed by atoms with Crippen LogP contribution in [0.25, 0.3) is 10.9 Å². The number of fused-ring (bicyclic) bond motifs is 1. The van der Waals surface area contributed by atoms with Gasteiger partial charge in [0.25, 0.3) is 0 Å². The summed E-state index contributed by atoms with van der Waals surface area (Å²) >= 11 is 0. The third kappa shape index (κ3) is 4.09. The number of rotatable bonds is 3. The van der Waals surface area contributed by atoms with Crippen molar-refractivity contribution in [3.63, 3.8) is 0 Å². The van der Waals surface area contributed by atoms with Gasteiger partial charge in [-0.1, -0.05) is 18.2 Å². The van der Waals surface area contributed by atoms with E-state index in [4.69, 9.17) is 0 Å². The SMILES string of the molecule is CC(=NNc1cc(C)c2ccccc2n1)C(=O)[O-].[K+]. The molecule has 92 valence electrons. The summed E-state index contributed by atoms with van der Waals surface area (Å²) < 4.78 is 0. The molecule has 0 radical (unpaired) electrons. The molecule has 0 aliphatic carbocycles. The van der Waals surface area contributed by atoms with Crippen LogP contribution in [0.2, 0.25) is 0 Å². The van der Waals surface area contributed by atoms with E-state index < -0.39 is 5.97 Å². The number of hydrogen-bond donors (Lipinski definition) is 1. The van der Waals surface area contributed by atoms with Gasteiger partial charge < -0.3 is 9.90 Å². The van der Waals surface area contributed by atoms with Gasteiger partial charge in [-0.2, -0.15) is 5.10 Å². The Morgan fingerprint density at radius 2 is 2.05 bits per heavy atom. The van der Waals surface area contributed by atoms with Crippen molar-refractivity contribution in [1.82, 2.24) is 4.98 Å². The van der Waals surface area contributed by atoms with Crippen LogP contribution in [-0.2, 0) is 4.79 Å². The molecule has 1 aromatic carbocycles. The maximum absolute atomic E-state index is 10.5. The number of hydrogen-bond acceptors (Lipinski definition) is 5. The van der Waals surface area contributed by atoms with Crippen LogP contribution in [0.15, 0.2) is 35.4 Å². The van der Waals surface area contributed by atoms with Crippen molar-refractivity contribution in [2.45, 2.75) is 13.8 Å². The summed E-state index contributed by atoms with van der Waals surface area (Å²) in [5.41, 5.74) is 4.37. The van der Waals surface area contributed by atoms with Crippen LogP contribution in [-0.4, -0.2) is 16.7 Å². The molecule has 2 rings (SSSR count). The van der Waals surface area contributed by atoms with Gasteiger partial charge in [-0.05, 0) is 31.5 Å². The largest absolute Gasteiger partial charge is 1.00 e. The molecule has 1 aromatic heterocycles. The minimum absolute atomic E-state index is 0. The summed E-state index contributed by atoms with van der Waals surface area (Å²) in [6, 6.07) is 9.53. The second-order valence-electron chi connectivity index (χ2n) is 3.94. The zero-order chi connectivity index (χ0) is 13.1. The second-order valence-corrected chi connectivity index (χ2v) is 3.94. The van der Waals surface area contributed by atoms with Crippen molar-refractivity contribution in [3.8, 4) is 0 Å². The van der Waals surface area contributed by atoms with Gasteiger partial charge >= 0.3 is 51.4 Å². The molecule has 0 saturated carbocycles. The monoisotopic (exact) mass is 281 g/mol. The number of benzene rings is 1. The first kappa shape index (κ1) is 16.3.